The third-order valence-electron chi connectivity index (χ3n) is 7.10. The van der Waals surface area contributed by atoms with Gasteiger partial charge in [0.15, 0.2) is 0 Å². The van der Waals surface area contributed by atoms with E-state index in [2.05, 4.69) is 74.5 Å². The van der Waals surface area contributed by atoms with Crippen LogP contribution in [0.4, 0.5) is 9.59 Å². The molecular weight excluding hydrogens is 1040 g/mol. The molecule has 12 heteroatoms. The molecule has 2 spiro atoms. The number of amides is 2. The first-order chi connectivity index (χ1) is 17.2. The Hall–Kier alpha value is 1.86. The van der Waals surface area contributed by atoms with Gasteiger partial charge in [-0.2, -0.15) is 0 Å². The number of likely N-dealkylation sites (tertiary alicyclic amines) is 2. The van der Waals surface area contributed by atoms with E-state index < -0.39 is 5.60 Å². The summed E-state index contributed by atoms with van der Waals surface area (Å²) < 4.78 is 10.7. The van der Waals surface area contributed by atoms with E-state index in [0.717, 1.165) is 32.2 Å². The van der Waals surface area contributed by atoms with Crippen molar-refractivity contribution in [1.82, 2.24) is 9.80 Å². The van der Waals surface area contributed by atoms with E-state index in [9.17, 15) is 14.4 Å². The average molecular weight is 1090 g/mol. The molecule has 1 atom stereocenters. The topological polar surface area (TPSA) is 76.2 Å². The summed E-state index contributed by atoms with van der Waals surface area (Å²) >= 11 is 9.54. The molecule has 37 heavy (non-hydrogen) atoms. The average Bonchev–Trinajstić information content (AvgIpc) is 3.73. The van der Waals surface area contributed by atoms with Crippen molar-refractivity contribution in [2.24, 2.45) is 10.8 Å². The van der Waals surface area contributed by atoms with Gasteiger partial charge in [-0.3, -0.25) is 4.90 Å². The zero-order valence-electron chi connectivity index (χ0n) is 22.8. The molecular formula is C25H42I5N2O5-. The number of rotatable bonds is 1. The number of ether oxygens (including phenoxy) is 2. The van der Waals surface area contributed by atoms with Gasteiger partial charge >= 0.3 is 62.7 Å². The molecule has 0 bridgehead atoms. The molecule has 2 saturated heterocycles. The number of nitrogens with zero attached hydrogens (tertiary/aromatic N) is 2. The zero-order chi connectivity index (χ0) is 28.5. The Balaban J connectivity index is 0.000000317. The number of carbonyl (C=O) groups is 3. The van der Waals surface area contributed by atoms with Crippen LogP contribution >= 0.6 is 74.5 Å². The molecule has 4 rings (SSSR count). The van der Waals surface area contributed by atoms with E-state index in [-0.39, 0.29) is 23.8 Å². The second-order valence-corrected chi connectivity index (χ2v) is 28.6. The molecule has 1 unspecified atom stereocenters. The van der Waals surface area contributed by atoms with Crippen molar-refractivity contribution in [3.8, 4) is 0 Å². The summed E-state index contributed by atoms with van der Waals surface area (Å²) in [5, 5.41) is 0. The molecule has 2 aliphatic heterocycles. The van der Waals surface area contributed by atoms with Gasteiger partial charge in [0.25, 0.3) is 0 Å². The van der Waals surface area contributed by atoms with Gasteiger partial charge in [0.2, 0.25) is 0 Å². The van der Waals surface area contributed by atoms with Gasteiger partial charge in [0, 0.05) is 56.9 Å². The summed E-state index contributed by atoms with van der Waals surface area (Å²) in [5.74, 6) is 0. The van der Waals surface area contributed by atoms with Crippen molar-refractivity contribution < 1.29 is 37.1 Å². The minimum absolute atomic E-state index is 0.141. The molecule has 0 aromatic carbocycles. The van der Waals surface area contributed by atoms with Crippen molar-refractivity contribution >= 4 is 92.9 Å². The van der Waals surface area contributed by atoms with Crippen LogP contribution < -0.4 is 13.3 Å². The first-order valence-corrected chi connectivity index (χ1v) is 31.5. The van der Waals surface area contributed by atoms with Crippen LogP contribution in [0.1, 0.15) is 92.9 Å². The number of hydrogen-bond acceptors (Lipinski definition) is 5. The van der Waals surface area contributed by atoms with Gasteiger partial charge in [-0.05, 0) is 104 Å². The molecule has 0 aromatic rings. The van der Waals surface area contributed by atoms with Gasteiger partial charge in [-0.25, -0.2) is 9.59 Å². The van der Waals surface area contributed by atoms with E-state index in [0.29, 0.717) is 30.6 Å². The summed E-state index contributed by atoms with van der Waals surface area (Å²) in [4.78, 5) is 38.3. The summed E-state index contributed by atoms with van der Waals surface area (Å²) in [6, 6.07) is -0.291. The monoisotopic (exact) mass is 1080 g/mol. The predicted octanol–water partition coefficient (Wildman–Crippen LogP) is 5.71. The van der Waals surface area contributed by atoms with Crippen LogP contribution in [-0.2, 0) is 14.3 Å². The molecule has 4 fully saturated rings. The maximum absolute atomic E-state index is 12.0. The molecule has 0 N–H and O–H groups in total. The van der Waals surface area contributed by atoms with Crippen molar-refractivity contribution in [2.75, 3.05) is 19.6 Å². The standard InChI is InChI=1S/C13H21NO3.C12H21NO2.I3.I2/c1-12(2,3)17-11(16)14-7-6-13(4-5-13)8-10(14)9-15;1-11(2,3)15-10(14)13-8-6-12(4-5-12)7-9-13;1-3-2;1-2/h9-10H,4-8H2,1-3H3;4-9H2,1-3H3;;/q;;-1;. The predicted molar refractivity (Wildman–Crippen MR) is 178 cm³/mol. The number of aldehydes is 1. The Morgan fingerprint density at radius 1 is 0.784 bits per heavy atom. The molecule has 2 aliphatic carbocycles. The van der Waals surface area contributed by atoms with Crippen LogP contribution in [0.25, 0.3) is 0 Å². The third kappa shape index (κ3) is 14.1. The third-order valence-corrected chi connectivity index (χ3v) is 7.10. The fraction of sp³-hybridized carbons (Fsp3) is 0.880. The van der Waals surface area contributed by atoms with E-state index in [1.54, 1.807) is 4.90 Å². The SMILES string of the molecule is CC(C)(C)OC(=O)N1CCC2(CC1)CC2.CC(C)(C)OC(=O)N1CCC2(CC2)CC1C=O.II.I[I-]I. The van der Waals surface area contributed by atoms with Gasteiger partial charge in [0.1, 0.15) is 17.5 Å². The Labute approximate surface area is 276 Å². The van der Waals surface area contributed by atoms with Crippen molar-refractivity contribution in [1.29, 1.82) is 0 Å². The molecule has 0 radical (unpaired) electrons. The second kappa shape index (κ2) is 16.5. The van der Waals surface area contributed by atoms with Crippen molar-refractivity contribution in [3.05, 3.63) is 0 Å². The van der Waals surface area contributed by atoms with E-state index in [1.165, 1.54) is 38.5 Å². The Morgan fingerprint density at radius 2 is 1.19 bits per heavy atom. The second-order valence-electron chi connectivity index (χ2n) is 12.4. The molecule has 7 nitrogen and oxygen atoms in total. The summed E-state index contributed by atoms with van der Waals surface area (Å²) in [6.45, 7) is 13.7. The van der Waals surface area contributed by atoms with Crippen LogP contribution in [0.15, 0.2) is 0 Å². The summed E-state index contributed by atoms with van der Waals surface area (Å²) in [7, 11) is 0. The van der Waals surface area contributed by atoms with Crippen molar-refractivity contribution in [3.63, 3.8) is 0 Å². The Bertz CT molecular complexity index is 739. The Morgan fingerprint density at radius 3 is 1.57 bits per heavy atom. The zero-order valence-corrected chi connectivity index (χ0v) is 33.5. The van der Waals surface area contributed by atoms with E-state index in [4.69, 9.17) is 9.47 Å². The van der Waals surface area contributed by atoms with Crippen LogP contribution in [0.5, 0.6) is 0 Å². The van der Waals surface area contributed by atoms with Crippen LogP contribution in [0.2, 0.25) is 0 Å². The summed E-state index contributed by atoms with van der Waals surface area (Å²) in [5.41, 5.74) is 0.119. The van der Waals surface area contributed by atoms with Crippen LogP contribution in [-0.4, -0.2) is 65.2 Å². The fourth-order valence-corrected chi connectivity index (χ4v) is 4.65. The molecule has 2 saturated carbocycles. The number of piperidine rings is 2. The van der Waals surface area contributed by atoms with Gasteiger partial charge in [-0.15, -0.1) is 0 Å². The molecule has 4 aliphatic rings. The molecule has 2 amide bonds. The van der Waals surface area contributed by atoms with Gasteiger partial charge in [-0.1, -0.05) is 0 Å². The Kier molecular flexibility index (Phi) is 16.4. The van der Waals surface area contributed by atoms with Gasteiger partial charge in [0.05, 0.1) is 6.04 Å². The molecule has 2 heterocycles. The molecule has 218 valence electrons. The first kappa shape index (κ1) is 36.9. The molecule has 0 aromatic heterocycles. The van der Waals surface area contributed by atoms with Gasteiger partial charge < -0.3 is 19.2 Å². The number of hydrogen-bond donors (Lipinski definition) is 0. The number of halogens is 5. The van der Waals surface area contributed by atoms with Crippen LogP contribution in [0.3, 0.4) is 0 Å². The quantitative estimate of drug-likeness (QED) is 0.249. The van der Waals surface area contributed by atoms with E-state index in [1.807, 2.05) is 46.4 Å². The first-order valence-electron chi connectivity index (χ1n) is 12.6. The minimum atomic E-state index is -0.501. The van der Waals surface area contributed by atoms with Crippen LogP contribution in [0, 0.1) is 10.8 Å². The maximum atomic E-state index is 12.0. The van der Waals surface area contributed by atoms with E-state index >= 15 is 0 Å². The summed E-state index contributed by atoms with van der Waals surface area (Å²) in [6.07, 6.45) is 9.72. The fourth-order valence-electron chi connectivity index (χ4n) is 4.65. The number of carbonyl (C=O) groups excluding carboxylic acids is 3. The van der Waals surface area contributed by atoms with Crippen molar-refractivity contribution in [2.45, 2.75) is 110 Å². The normalized spacial score (nSPS) is 22.8.